The molecular formula is C12H17F3N2O2. The first-order valence-corrected chi connectivity index (χ1v) is 5.74. The topological polar surface area (TPSA) is 67.5 Å². The van der Waals surface area contributed by atoms with E-state index in [2.05, 4.69) is 5.32 Å². The molecule has 0 heterocycles. The molecule has 0 amide bonds. The Morgan fingerprint density at radius 3 is 2.47 bits per heavy atom. The van der Waals surface area contributed by atoms with E-state index in [1.807, 2.05) is 13.8 Å². The highest BCUT2D eigenvalue weighted by atomic mass is 19.4. The molecule has 0 spiro atoms. The van der Waals surface area contributed by atoms with E-state index in [-0.39, 0.29) is 6.10 Å². The molecule has 1 aromatic rings. The van der Waals surface area contributed by atoms with Gasteiger partial charge in [0, 0.05) is 30.1 Å². The number of rotatable bonds is 5. The smallest absolute Gasteiger partial charge is 0.416 e. The maximum atomic E-state index is 12.1. The van der Waals surface area contributed by atoms with Gasteiger partial charge < -0.3 is 20.9 Å². The number of anilines is 2. The molecule has 0 aromatic heterocycles. The molecule has 1 unspecified atom stereocenters. The normalized spacial score (nSPS) is 13.4. The van der Waals surface area contributed by atoms with Crippen LogP contribution in [0.25, 0.3) is 0 Å². The van der Waals surface area contributed by atoms with Gasteiger partial charge in [-0.3, -0.25) is 0 Å². The molecule has 0 saturated carbocycles. The Morgan fingerprint density at radius 1 is 1.32 bits per heavy atom. The van der Waals surface area contributed by atoms with Gasteiger partial charge in [0.25, 0.3) is 0 Å². The third-order valence-electron chi connectivity index (χ3n) is 2.18. The summed E-state index contributed by atoms with van der Waals surface area (Å²) >= 11 is 0. The predicted octanol–water partition coefficient (Wildman–Crippen LogP) is 2.39. The second kappa shape index (κ2) is 6.01. The lowest BCUT2D eigenvalue weighted by Gasteiger charge is -2.17. The SMILES string of the molecule is CC(C)Oc1cc(N)cc(NCC(O)C(F)(F)F)c1. The van der Waals surface area contributed by atoms with Crippen molar-refractivity contribution in [2.75, 3.05) is 17.6 Å². The highest BCUT2D eigenvalue weighted by Gasteiger charge is 2.37. The first kappa shape index (κ1) is 15.4. The summed E-state index contributed by atoms with van der Waals surface area (Å²) in [5, 5.41) is 11.4. The molecule has 1 rings (SSSR count). The van der Waals surface area contributed by atoms with Gasteiger partial charge in [-0.25, -0.2) is 0 Å². The standard InChI is InChI=1S/C12H17F3N2O2/c1-7(2)19-10-4-8(16)3-9(5-10)17-6-11(18)12(13,14)15/h3-5,7,11,17-18H,6,16H2,1-2H3. The van der Waals surface area contributed by atoms with E-state index in [0.717, 1.165) is 0 Å². The molecule has 0 aliphatic carbocycles. The number of nitrogen functional groups attached to an aromatic ring is 1. The minimum absolute atomic E-state index is 0.0737. The van der Waals surface area contributed by atoms with Gasteiger partial charge in [0.15, 0.2) is 6.10 Å². The highest BCUT2D eigenvalue weighted by molar-refractivity contribution is 5.59. The Morgan fingerprint density at radius 2 is 1.95 bits per heavy atom. The largest absolute Gasteiger partial charge is 0.491 e. The van der Waals surface area contributed by atoms with Crippen molar-refractivity contribution in [3.8, 4) is 5.75 Å². The molecule has 0 aliphatic rings. The van der Waals surface area contributed by atoms with E-state index in [1.54, 1.807) is 6.07 Å². The van der Waals surface area contributed by atoms with Gasteiger partial charge in [-0.05, 0) is 19.9 Å². The zero-order valence-corrected chi connectivity index (χ0v) is 10.7. The zero-order valence-electron chi connectivity index (χ0n) is 10.7. The van der Waals surface area contributed by atoms with Crippen molar-refractivity contribution in [1.82, 2.24) is 0 Å². The molecule has 1 atom stereocenters. The van der Waals surface area contributed by atoms with Crippen molar-refractivity contribution in [3.63, 3.8) is 0 Å². The number of hydrogen-bond donors (Lipinski definition) is 3. The quantitative estimate of drug-likeness (QED) is 0.723. The van der Waals surface area contributed by atoms with Crippen LogP contribution in [0.1, 0.15) is 13.8 Å². The van der Waals surface area contributed by atoms with Crippen LogP contribution in [-0.2, 0) is 0 Å². The average molecular weight is 278 g/mol. The van der Waals surface area contributed by atoms with Crippen molar-refractivity contribution in [2.24, 2.45) is 0 Å². The molecule has 108 valence electrons. The zero-order chi connectivity index (χ0) is 14.6. The van der Waals surface area contributed by atoms with E-state index in [4.69, 9.17) is 15.6 Å². The monoisotopic (exact) mass is 278 g/mol. The molecule has 0 bridgehead atoms. The Balaban J connectivity index is 2.71. The van der Waals surface area contributed by atoms with Crippen molar-refractivity contribution >= 4 is 11.4 Å². The first-order chi connectivity index (χ1) is 8.68. The molecule has 19 heavy (non-hydrogen) atoms. The van der Waals surface area contributed by atoms with Gasteiger partial charge in [-0.2, -0.15) is 13.2 Å². The van der Waals surface area contributed by atoms with Gasteiger partial charge in [0.05, 0.1) is 6.10 Å². The summed E-state index contributed by atoms with van der Waals surface area (Å²) in [7, 11) is 0. The summed E-state index contributed by atoms with van der Waals surface area (Å²) in [5.41, 5.74) is 6.35. The van der Waals surface area contributed by atoms with Crippen LogP contribution in [0.15, 0.2) is 18.2 Å². The van der Waals surface area contributed by atoms with Crippen molar-refractivity contribution in [1.29, 1.82) is 0 Å². The second-order valence-electron chi connectivity index (χ2n) is 4.40. The minimum atomic E-state index is -4.65. The van der Waals surface area contributed by atoms with E-state index in [0.29, 0.717) is 17.1 Å². The number of halogens is 3. The van der Waals surface area contributed by atoms with Crippen molar-refractivity contribution in [3.05, 3.63) is 18.2 Å². The molecule has 0 radical (unpaired) electrons. The van der Waals surface area contributed by atoms with Crippen LogP contribution in [0.5, 0.6) is 5.75 Å². The van der Waals surface area contributed by atoms with Gasteiger partial charge in [-0.1, -0.05) is 0 Å². The number of aliphatic hydroxyl groups excluding tert-OH is 1. The number of benzene rings is 1. The van der Waals surface area contributed by atoms with Gasteiger partial charge in [0.1, 0.15) is 5.75 Å². The Hall–Kier alpha value is -1.63. The first-order valence-electron chi connectivity index (χ1n) is 5.74. The fourth-order valence-corrected chi connectivity index (χ4v) is 1.39. The van der Waals surface area contributed by atoms with E-state index in [1.165, 1.54) is 12.1 Å². The lowest BCUT2D eigenvalue weighted by Crippen LogP contribution is -2.35. The van der Waals surface area contributed by atoms with Crippen LogP contribution in [0, 0.1) is 0 Å². The molecule has 7 heteroatoms. The highest BCUT2D eigenvalue weighted by Crippen LogP contribution is 2.25. The maximum Gasteiger partial charge on any atom is 0.416 e. The van der Waals surface area contributed by atoms with Crippen LogP contribution in [-0.4, -0.2) is 30.0 Å². The summed E-state index contributed by atoms with van der Waals surface area (Å²) < 4.78 is 41.8. The summed E-state index contributed by atoms with van der Waals surface area (Å²) in [4.78, 5) is 0. The van der Waals surface area contributed by atoms with Crippen LogP contribution < -0.4 is 15.8 Å². The number of alkyl halides is 3. The lowest BCUT2D eigenvalue weighted by atomic mass is 10.2. The van der Waals surface area contributed by atoms with Crippen LogP contribution in [0.3, 0.4) is 0 Å². The number of nitrogens with one attached hydrogen (secondary N) is 1. The van der Waals surface area contributed by atoms with Gasteiger partial charge in [0.2, 0.25) is 0 Å². The molecule has 4 N–H and O–H groups in total. The molecule has 0 aliphatic heterocycles. The van der Waals surface area contributed by atoms with Crippen LogP contribution >= 0.6 is 0 Å². The minimum Gasteiger partial charge on any atom is -0.491 e. The Labute approximate surface area is 109 Å². The molecule has 0 saturated heterocycles. The number of aliphatic hydroxyl groups is 1. The van der Waals surface area contributed by atoms with Gasteiger partial charge in [-0.15, -0.1) is 0 Å². The van der Waals surface area contributed by atoms with E-state index < -0.39 is 18.8 Å². The fourth-order valence-electron chi connectivity index (χ4n) is 1.39. The molecular weight excluding hydrogens is 261 g/mol. The van der Waals surface area contributed by atoms with Crippen molar-refractivity contribution in [2.45, 2.75) is 32.2 Å². The summed E-state index contributed by atoms with van der Waals surface area (Å²) in [5.74, 6) is 0.457. The molecule has 1 aromatic carbocycles. The van der Waals surface area contributed by atoms with Crippen LogP contribution in [0.4, 0.5) is 24.5 Å². The number of nitrogens with two attached hydrogens (primary N) is 1. The number of ether oxygens (including phenoxy) is 1. The lowest BCUT2D eigenvalue weighted by molar-refractivity contribution is -0.198. The Kier molecular flexibility index (Phi) is 4.88. The summed E-state index contributed by atoms with van der Waals surface area (Å²) in [6.07, 6.45) is -7.15. The summed E-state index contributed by atoms with van der Waals surface area (Å²) in [6.45, 7) is 3.00. The van der Waals surface area contributed by atoms with E-state index in [9.17, 15) is 13.2 Å². The third-order valence-corrected chi connectivity index (χ3v) is 2.18. The van der Waals surface area contributed by atoms with E-state index >= 15 is 0 Å². The maximum absolute atomic E-state index is 12.1. The second-order valence-corrected chi connectivity index (χ2v) is 4.40. The van der Waals surface area contributed by atoms with Crippen molar-refractivity contribution < 1.29 is 23.0 Å². The Bertz CT molecular complexity index is 422. The van der Waals surface area contributed by atoms with Crippen LogP contribution in [0.2, 0.25) is 0 Å². The average Bonchev–Trinajstić information content (AvgIpc) is 2.22. The fraction of sp³-hybridized carbons (Fsp3) is 0.500. The third kappa shape index (κ3) is 5.25. The predicted molar refractivity (Wildman–Crippen MR) is 67.2 cm³/mol. The molecule has 4 nitrogen and oxygen atoms in total. The molecule has 0 fully saturated rings. The number of hydrogen-bond acceptors (Lipinski definition) is 4. The summed E-state index contributed by atoms with van der Waals surface area (Å²) in [6, 6.07) is 4.57. The van der Waals surface area contributed by atoms with Gasteiger partial charge >= 0.3 is 6.18 Å².